The molecular weight excluding hydrogens is 132 g/mol. The summed E-state index contributed by atoms with van der Waals surface area (Å²) in [7, 11) is 0. The fourth-order valence-electron chi connectivity index (χ4n) is 0.440. The van der Waals surface area contributed by atoms with E-state index in [0.29, 0.717) is 6.79 Å². The molecular formula is C7H14O3. The Morgan fingerprint density at radius 2 is 1.60 bits per heavy atom. The predicted molar refractivity (Wildman–Crippen MR) is 37.7 cm³/mol. The summed E-state index contributed by atoms with van der Waals surface area (Å²) < 4.78 is 9.69. The molecule has 0 aromatic heterocycles. The van der Waals surface area contributed by atoms with Crippen molar-refractivity contribution in [2.75, 3.05) is 20.0 Å². The Labute approximate surface area is 61.3 Å². The van der Waals surface area contributed by atoms with Crippen LogP contribution in [0, 0.1) is 0 Å². The lowest BCUT2D eigenvalue weighted by Gasteiger charge is -2.09. The van der Waals surface area contributed by atoms with E-state index >= 15 is 0 Å². The first-order chi connectivity index (χ1) is 4.73. The number of rotatable bonds is 0. The van der Waals surface area contributed by atoms with Gasteiger partial charge in [-0.25, -0.2) is 0 Å². The monoisotopic (exact) mass is 146 g/mol. The predicted octanol–water partition coefficient (Wildman–Crippen LogP) is 0.976. The molecule has 1 rings (SSSR count). The molecule has 0 aliphatic carbocycles. The van der Waals surface area contributed by atoms with Crippen molar-refractivity contribution < 1.29 is 14.3 Å². The molecule has 0 aromatic rings. The van der Waals surface area contributed by atoms with Gasteiger partial charge in [0.05, 0.1) is 13.2 Å². The van der Waals surface area contributed by atoms with Crippen LogP contribution in [-0.2, 0) is 14.3 Å². The Hall–Kier alpha value is -0.410. The molecule has 0 atom stereocenters. The Balaban J connectivity index is 0.000000180. The van der Waals surface area contributed by atoms with Crippen LogP contribution in [0.3, 0.4) is 0 Å². The lowest BCUT2D eigenvalue weighted by Crippen LogP contribution is -2.11. The summed E-state index contributed by atoms with van der Waals surface area (Å²) in [5.74, 6) is 0.167. The molecule has 1 fully saturated rings. The quantitative estimate of drug-likeness (QED) is 0.511. The second-order valence-electron chi connectivity index (χ2n) is 2.20. The number of carbonyl (C=O) groups excluding carboxylic acids is 1. The van der Waals surface area contributed by atoms with Crippen molar-refractivity contribution in [3.63, 3.8) is 0 Å². The highest BCUT2D eigenvalue weighted by molar-refractivity contribution is 5.72. The minimum absolute atomic E-state index is 0.167. The molecule has 1 aliphatic rings. The van der Waals surface area contributed by atoms with Gasteiger partial charge in [0.15, 0.2) is 0 Å². The van der Waals surface area contributed by atoms with Crippen molar-refractivity contribution in [2.45, 2.75) is 20.3 Å². The number of Topliss-reactive ketones (excluding diaryl/α,β-unsaturated/α-hetero) is 1. The van der Waals surface area contributed by atoms with Gasteiger partial charge in [-0.2, -0.15) is 0 Å². The van der Waals surface area contributed by atoms with Crippen molar-refractivity contribution in [1.29, 1.82) is 0 Å². The molecule has 0 bridgehead atoms. The molecule has 3 heteroatoms. The van der Waals surface area contributed by atoms with Gasteiger partial charge in [0.1, 0.15) is 12.6 Å². The van der Waals surface area contributed by atoms with E-state index in [-0.39, 0.29) is 5.78 Å². The number of hydrogen-bond donors (Lipinski definition) is 0. The summed E-state index contributed by atoms with van der Waals surface area (Å²) >= 11 is 0. The molecule has 0 N–H and O–H groups in total. The van der Waals surface area contributed by atoms with Crippen molar-refractivity contribution in [3.8, 4) is 0 Å². The summed E-state index contributed by atoms with van der Waals surface area (Å²) in [6.07, 6.45) is 1.06. The van der Waals surface area contributed by atoms with Gasteiger partial charge >= 0.3 is 0 Å². The van der Waals surface area contributed by atoms with Gasteiger partial charge in [0.2, 0.25) is 0 Å². The van der Waals surface area contributed by atoms with Gasteiger partial charge < -0.3 is 14.3 Å². The van der Waals surface area contributed by atoms with E-state index in [0.717, 1.165) is 19.6 Å². The van der Waals surface area contributed by atoms with Crippen LogP contribution in [0.1, 0.15) is 20.3 Å². The van der Waals surface area contributed by atoms with Gasteiger partial charge in [-0.05, 0) is 20.3 Å². The summed E-state index contributed by atoms with van der Waals surface area (Å²) in [5, 5.41) is 0. The highest BCUT2D eigenvalue weighted by Gasteiger charge is 1.94. The zero-order valence-corrected chi connectivity index (χ0v) is 6.55. The molecule has 0 radical (unpaired) electrons. The molecule has 0 spiro atoms. The Bertz CT molecular complexity index is 71.3. The van der Waals surface area contributed by atoms with E-state index in [4.69, 9.17) is 9.47 Å². The van der Waals surface area contributed by atoms with Gasteiger partial charge in [-0.15, -0.1) is 0 Å². The van der Waals surface area contributed by atoms with Gasteiger partial charge in [-0.3, -0.25) is 0 Å². The number of ketones is 1. The zero-order valence-electron chi connectivity index (χ0n) is 6.55. The maximum Gasteiger partial charge on any atom is 0.146 e. The highest BCUT2D eigenvalue weighted by Crippen LogP contribution is 1.91. The zero-order chi connectivity index (χ0) is 7.82. The maximum atomic E-state index is 9.44. The van der Waals surface area contributed by atoms with Crippen molar-refractivity contribution in [1.82, 2.24) is 0 Å². The Kier molecular flexibility index (Phi) is 6.43. The second-order valence-corrected chi connectivity index (χ2v) is 2.20. The SMILES string of the molecule is C1COCOC1.CC(C)=O. The topological polar surface area (TPSA) is 35.5 Å². The lowest BCUT2D eigenvalue weighted by molar-refractivity contribution is -0.115. The van der Waals surface area contributed by atoms with Crippen LogP contribution in [0.4, 0.5) is 0 Å². The third-order valence-electron chi connectivity index (χ3n) is 0.744. The van der Waals surface area contributed by atoms with Crippen LogP contribution in [0.2, 0.25) is 0 Å². The molecule has 60 valence electrons. The average molecular weight is 146 g/mol. The fourth-order valence-corrected chi connectivity index (χ4v) is 0.440. The van der Waals surface area contributed by atoms with Crippen molar-refractivity contribution in [3.05, 3.63) is 0 Å². The summed E-state index contributed by atoms with van der Waals surface area (Å²) in [6, 6.07) is 0. The van der Waals surface area contributed by atoms with Crippen LogP contribution in [0.15, 0.2) is 0 Å². The van der Waals surface area contributed by atoms with E-state index in [9.17, 15) is 4.79 Å². The van der Waals surface area contributed by atoms with Gasteiger partial charge in [0.25, 0.3) is 0 Å². The van der Waals surface area contributed by atoms with Crippen LogP contribution in [0.5, 0.6) is 0 Å². The van der Waals surface area contributed by atoms with Gasteiger partial charge in [-0.1, -0.05) is 0 Å². The first-order valence-corrected chi connectivity index (χ1v) is 3.36. The Morgan fingerprint density at radius 1 is 1.20 bits per heavy atom. The third kappa shape index (κ3) is 10.5. The average Bonchev–Trinajstić information content (AvgIpc) is 1.90. The summed E-state index contributed by atoms with van der Waals surface area (Å²) in [5.41, 5.74) is 0. The molecule has 0 aromatic carbocycles. The van der Waals surface area contributed by atoms with Crippen LogP contribution in [0.25, 0.3) is 0 Å². The summed E-state index contributed by atoms with van der Waals surface area (Å²) in [6.45, 7) is 5.31. The van der Waals surface area contributed by atoms with Crippen LogP contribution in [-0.4, -0.2) is 25.8 Å². The number of ether oxygens (including phenoxy) is 2. The Morgan fingerprint density at radius 3 is 1.70 bits per heavy atom. The first kappa shape index (κ1) is 9.59. The molecule has 1 aliphatic heterocycles. The van der Waals surface area contributed by atoms with E-state index in [2.05, 4.69) is 0 Å². The van der Waals surface area contributed by atoms with Crippen LogP contribution < -0.4 is 0 Å². The fraction of sp³-hybridized carbons (Fsp3) is 0.857. The first-order valence-electron chi connectivity index (χ1n) is 3.36. The minimum Gasteiger partial charge on any atom is -0.355 e. The molecule has 0 amide bonds. The molecule has 0 unspecified atom stereocenters. The van der Waals surface area contributed by atoms with E-state index in [1.54, 1.807) is 0 Å². The second kappa shape index (κ2) is 6.71. The van der Waals surface area contributed by atoms with Gasteiger partial charge in [0, 0.05) is 0 Å². The molecule has 10 heavy (non-hydrogen) atoms. The number of carbonyl (C=O) groups is 1. The smallest absolute Gasteiger partial charge is 0.146 e. The summed E-state index contributed by atoms with van der Waals surface area (Å²) in [4.78, 5) is 9.44. The molecule has 0 saturated carbocycles. The van der Waals surface area contributed by atoms with E-state index in [1.807, 2.05) is 0 Å². The number of hydrogen-bond acceptors (Lipinski definition) is 3. The van der Waals surface area contributed by atoms with Crippen molar-refractivity contribution >= 4 is 5.78 Å². The normalized spacial score (nSPS) is 17.0. The molecule has 1 saturated heterocycles. The highest BCUT2D eigenvalue weighted by atomic mass is 16.7. The standard InChI is InChI=1S/C4H8O2.C3H6O/c1-2-5-4-6-3-1;1-3(2)4/h1-4H2;1-2H3. The van der Waals surface area contributed by atoms with E-state index < -0.39 is 0 Å². The van der Waals surface area contributed by atoms with E-state index in [1.165, 1.54) is 13.8 Å². The molecule has 3 nitrogen and oxygen atoms in total. The maximum absolute atomic E-state index is 9.44. The third-order valence-corrected chi connectivity index (χ3v) is 0.744. The largest absolute Gasteiger partial charge is 0.355 e. The molecule has 1 heterocycles. The van der Waals surface area contributed by atoms with Crippen LogP contribution >= 0.6 is 0 Å². The van der Waals surface area contributed by atoms with Crippen molar-refractivity contribution in [2.24, 2.45) is 0 Å². The lowest BCUT2D eigenvalue weighted by atomic mass is 10.5. The minimum atomic E-state index is 0.167.